The van der Waals surface area contributed by atoms with E-state index in [9.17, 15) is 0 Å². The number of aryl methyl sites for hydroxylation is 6. The molecule has 0 aliphatic carbocycles. The largest absolute Gasteiger partial charge is 0.0813 e. The molecular weight excluding hydrogens is 374 g/mol. The van der Waals surface area contributed by atoms with Gasteiger partial charge in [0.15, 0.2) is 0 Å². The van der Waals surface area contributed by atoms with Crippen LogP contribution in [0.5, 0.6) is 0 Å². The van der Waals surface area contributed by atoms with Crippen LogP contribution in [-0.2, 0) is 0 Å². The van der Waals surface area contributed by atoms with E-state index < -0.39 is 0 Å². The first-order chi connectivity index (χ1) is 13.4. The maximum absolute atomic E-state index is 2.36. The van der Waals surface area contributed by atoms with Crippen molar-refractivity contribution in [1.29, 1.82) is 0 Å². The van der Waals surface area contributed by atoms with E-state index in [0.29, 0.717) is 5.40 Å². The van der Waals surface area contributed by atoms with Gasteiger partial charge in [0.25, 0.3) is 0 Å². The maximum Gasteiger partial charge on any atom is 0.0555 e. The molecule has 2 heteroatoms. The Balaban J connectivity index is 1.90. The summed E-state index contributed by atoms with van der Waals surface area (Å²) in [5, 5.41) is 3.77. The molecular formula is C26H28P2. The van der Waals surface area contributed by atoms with E-state index in [1.165, 1.54) is 52.5 Å². The molecule has 0 fully saturated rings. The van der Waals surface area contributed by atoms with Crippen LogP contribution in [0.15, 0.2) is 54.6 Å². The van der Waals surface area contributed by atoms with Crippen LogP contribution in [0.2, 0.25) is 0 Å². The Kier molecular flexibility index (Phi) is 5.30. The van der Waals surface area contributed by atoms with Crippen LogP contribution in [0.3, 0.4) is 0 Å². The summed E-state index contributed by atoms with van der Waals surface area (Å²) >= 11 is 0. The van der Waals surface area contributed by atoms with Crippen LogP contribution in [0.25, 0.3) is 0 Å². The SMILES string of the molecule is Cc1cc(C)c(C2=PC(c3c(C)cc(C)cc3C)P2c2ccccc2)c(C)c1. The highest BCUT2D eigenvalue weighted by molar-refractivity contribution is 8.02. The van der Waals surface area contributed by atoms with E-state index in [-0.39, 0.29) is 7.92 Å². The van der Waals surface area contributed by atoms with E-state index in [1.54, 1.807) is 10.6 Å². The van der Waals surface area contributed by atoms with Gasteiger partial charge in [0.2, 0.25) is 0 Å². The number of hydrogen-bond acceptors (Lipinski definition) is 0. The van der Waals surface area contributed by atoms with Crippen molar-refractivity contribution >= 4 is 26.5 Å². The number of rotatable bonds is 3. The lowest BCUT2D eigenvalue weighted by Crippen LogP contribution is -2.21. The molecule has 1 aliphatic heterocycles. The molecule has 1 heterocycles. The zero-order valence-corrected chi connectivity index (χ0v) is 19.5. The van der Waals surface area contributed by atoms with Gasteiger partial charge >= 0.3 is 0 Å². The molecule has 1 aliphatic rings. The lowest BCUT2D eigenvalue weighted by Gasteiger charge is -2.39. The fraction of sp³-hybridized carbons (Fsp3) is 0.269. The fourth-order valence-corrected chi connectivity index (χ4v) is 10.7. The lowest BCUT2D eigenvalue weighted by molar-refractivity contribution is 1.19. The third kappa shape index (κ3) is 3.39. The molecule has 0 aromatic heterocycles. The fourth-order valence-electron chi connectivity index (χ4n) is 4.66. The second-order valence-corrected chi connectivity index (χ2v) is 12.3. The van der Waals surface area contributed by atoms with Crippen molar-refractivity contribution in [2.45, 2.75) is 46.9 Å². The van der Waals surface area contributed by atoms with Crippen LogP contribution in [0.4, 0.5) is 0 Å². The minimum Gasteiger partial charge on any atom is -0.0813 e. The molecule has 4 rings (SSSR count). The van der Waals surface area contributed by atoms with Gasteiger partial charge < -0.3 is 0 Å². The molecule has 0 nitrogen and oxygen atoms in total. The highest BCUT2D eigenvalue weighted by Gasteiger charge is 2.38. The first kappa shape index (κ1) is 19.6. The smallest absolute Gasteiger partial charge is 0.0555 e. The van der Waals surface area contributed by atoms with Crippen molar-refractivity contribution in [3.63, 3.8) is 0 Å². The molecule has 0 radical (unpaired) electrons. The average Bonchev–Trinajstić information content (AvgIpc) is 2.58. The third-order valence-electron chi connectivity index (χ3n) is 5.65. The molecule has 2 unspecified atom stereocenters. The van der Waals surface area contributed by atoms with Crippen LogP contribution in [-0.4, -0.2) is 5.03 Å². The summed E-state index contributed by atoms with van der Waals surface area (Å²) in [6, 6.07) is 20.6. The van der Waals surface area contributed by atoms with Crippen molar-refractivity contribution in [3.8, 4) is 0 Å². The summed E-state index contributed by atoms with van der Waals surface area (Å²) in [5.74, 6) is 0. The van der Waals surface area contributed by atoms with Crippen molar-refractivity contribution in [2.24, 2.45) is 0 Å². The van der Waals surface area contributed by atoms with Crippen molar-refractivity contribution < 1.29 is 0 Å². The Bertz CT molecular complexity index is 1030. The first-order valence-corrected chi connectivity index (χ1v) is 12.3. The Morgan fingerprint density at radius 1 is 0.679 bits per heavy atom. The molecule has 0 amide bonds. The van der Waals surface area contributed by atoms with Crippen LogP contribution in [0.1, 0.15) is 49.9 Å². The molecule has 0 saturated heterocycles. The summed E-state index contributed by atoms with van der Waals surface area (Å²) in [5.41, 5.74) is 11.6. The monoisotopic (exact) mass is 402 g/mol. The summed E-state index contributed by atoms with van der Waals surface area (Å²) in [4.78, 5) is 0. The van der Waals surface area contributed by atoms with Gasteiger partial charge in [-0.1, -0.05) is 73.9 Å². The van der Waals surface area contributed by atoms with E-state index in [1.807, 2.05) is 0 Å². The first-order valence-electron chi connectivity index (χ1n) is 9.95. The van der Waals surface area contributed by atoms with Crippen molar-refractivity contribution in [1.82, 2.24) is 0 Å². The number of hydrogen-bond donors (Lipinski definition) is 0. The standard InChI is InChI=1S/C26H28P2/c1-16-12-18(3)23(19(4)13-16)25-27-26(28(25)22-10-8-7-9-11-22)24-20(5)14-17(2)15-21(24)6/h7-15,25H,1-6H3. The van der Waals surface area contributed by atoms with Gasteiger partial charge in [-0.25, -0.2) is 0 Å². The predicted molar refractivity (Wildman–Crippen MR) is 128 cm³/mol. The molecule has 3 aromatic carbocycles. The number of benzene rings is 3. The summed E-state index contributed by atoms with van der Waals surface area (Å²) in [6.45, 7) is 13.6. The zero-order valence-electron chi connectivity index (χ0n) is 17.7. The van der Waals surface area contributed by atoms with E-state index in [4.69, 9.17) is 0 Å². The molecule has 2 atom stereocenters. The highest BCUT2D eigenvalue weighted by Crippen LogP contribution is 2.70. The summed E-state index contributed by atoms with van der Waals surface area (Å²) in [7, 11) is 1.14. The second-order valence-electron chi connectivity index (χ2n) is 8.12. The van der Waals surface area contributed by atoms with Crippen molar-refractivity contribution in [3.05, 3.63) is 99.1 Å². The van der Waals surface area contributed by atoms with Gasteiger partial charge in [-0.2, -0.15) is 0 Å². The Labute approximate surface area is 172 Å². The van der Waals surface area contributed by atoms with Gasteiger partial charge in [-0.05, 0) is 88.1 Å². The van der Waals surface area contributed by atoms with Crippen LogP contribution >= 0.6 is 16.1 Å². The Morgan fingerprint density at radius 2 is 1.18 bits per heavy atom. The minimum absolute atomic E-state index is 0.352. The zero-order chi connectivity index (χ0) is 20.0. The predicted octanol–water partition coefficient (Wildman–Crippen LogP) is 7.48. The molecule has 142 valence electrons. The Hall–Kier alpha value is -1.74. The molecule has 0 spiro atoms. The third-order valence-corrected chi connectivity index (χ3v) is 10.9. The van der Waals surface area contributed by atoms with E-state index in [0.717, 1.165) is 0 Å². The minimum atomic E-state index is -0.352. The summed E-state index contributed by atoms with van der Waals surface area (Å²) in [6.07, 6.45) is 0. The molecule has 0 N–H and O–H groups in total. The molecule has 28 heavy (non-hydrogen) atoms. The van der Waals surface area contributed by atoms with Gasteiger partial charge in [-0.15, -0.1) is 0 Å². The molecule has 0 bridgehead atoms. The summed E-state index contributed by atoms with van der Waals surface area (Å²) < 4.78 is 0. The van der Waals surface area contributed by atoms with Crippen LogP contribution in [0, 0.1) is 41.5 Å². The average molecular weight is 402 g/mol. The van der Waals surface area contributed by atoms with Crippen molar-refractivity contribution in [2.75, 3.05) is 0 Å². The van der Waals surface area contributed by atoms with E-state index >= 15 is 0 Å². The van der Waals surface area contributed by atoms with Gasteiger partial charge in [0.05, 0.1) is 5.40 Å². The normalized spacial score (nSPS) is 19.1. The topological polar surface area (TPSA) is 0 Å². The Morgan fingerprint density at radius 3 is 1.71 bits per heavy atom. The molecule has 0 saturated carbocycles. The van der Waals surface area contributed by atoms with Gasteiger partial charge in [0.1, 0.15) is 0 Å². The molecule has 3 aromatic rings. The van der Waals surface area contributed by atoms with Gasteiger partial charge in [0, 0.05) is 5.03 Å². The highest BCUT2D eigenvalue weighted by atomic mass is 31.2. The van der Waals surface area contributed by atoms with Crippen LogP contribution < -0.4 is 5.30 Å². The second kappa shape index (κ2) is 7.59. The van der Waals surface area contributed by atoms with E-state index in [2.05, 4.69) is 96.1 Å². The van der Waals surface area contributed by atoms with Gasteiger partial charge in [-0.3, -0.25) is 0 Å². The lowest BCUT2D eigenvalue weighted by atomic mass is 10.0. The maximum atomic E-state index is 2.36. The quantitative estimate of drug-likeness (QED) is 0.398.